The molecular formula is C9H15NO2. The molecule has 0 aromatic rings. The molecule has 0 saturated carbocycles. The van der Waals surface area contributed by atoms with Gasteiger partial charge in [-0.2, -0.15) is 0 Å². The number of rotatable bonds is 6. The molecule has 1 amide bonds. The van der Waals surface area contributed by atoms with Gasteiger partial charge in [0.25, 0.3) is 0 Å². The van der Waals surface area contributed by atoms with E-state index in [0.29, 0.717) is 6.42 Å². The van der Waals surface area contributed by atoms with Crippen molar-refractivity contribution in [2.75, 3.05) is 0 Å². The molecule has 3 nitrogen and oxygen atoms in total. The average molecular weight is 169 g/mol. The zero-order chi connectivity index (χ0) is 9.40. The third kappa shape index (κ3) is 4.66. The first-order valence-corrected chi connectivity index (χ1v) is 4.12. The van der Waals surface area contributed by atoms with Crippen LogP contribution < -0.4 is 5.32 Å². The van der Waals surface area contributed by atoms with Crippen molar-refractivity contribution in [2.24, 2.45) is 0 Å². The van der Waals surface area contributed by atoms with E-state index in [1.54, 1.807) is 0 Å². The summed E-state index contributed by atoms with van der Waals surface area (Å²) >= 11 is 0. The van der Waals surface area contributed by atoms with Gasteiger partial charge in [-0.25, -0.2) is 0 Å². The third-order valence-electron chi connectivity index (χ3n) is 1.55. The molecule has 0 saturated heterocycles. The highest BCUT2D eigenvalue weighted by molar-refractivity contribution is 5.88. The van der Waals surface area contributed by atoms with Gasteiger partial charge in [-0.05, 0) is 12.5 Å². The number of carbonyl (C=O) groups is 2. The Kier molecular flexibility index (Phi) is 5.97. The molecule has 0 radical (unpaired) electrons. The van der Waals surface area contributed by atoms with E-state index in [0.717, 1.165) is 19.1 Å². The lowest BCUT2D eigenvalue weighted by molar-refractivity contribution is -0.120. The Morgan fingerprint density at radius 2 is 2.33 bits per heavy atom. The topological polar surface area (TPSA) is 46.2 Å². The van der Waals surface area contributed by atoms with Crippen LogP contribution in [0, 0.1) is 0 Å². The van der Waals surface area contributed by atoms with Gasteiger partial charge in [-0.1, -0.05) is 26.3 Å². The van der Waals surface area contributed by atoms with Crippen molar-refractivity contribution >= 4 is 12.2 Å². The second kappa shape index (κ2) is 6.58. The lowest BCUT2D eigenvalue weighted by Crippen LogP contribution is -2.34. The normalized spacial score (nSPS) is 11.8. The number of unbranched alkanes of at least 4 members (excludes halogenated alkanes) is 1. The van der Waals surface area contributed by atoms with Gasteiger partial charge in [0.15, 0.2) is 0 Å². The summed E-state index contributed by atoms with van der Waals surface area (Å²) < 4.78 is 0. The average Bonchev–Trinajstić information content (AvgIpc) is 2.11. The molecule has 0 aliphatic heterocycles. The predicted molar refractivity (Wildman–Crippen MR) is 47.7 cm³/mol. The Morgan fingerprint density at radius 3 is 2.75 bits per heavy atom. The minimum Gasteiger partial charge on any atom is -0.343 e. The van der Waals surface area contributed by atoms with Gasteiger partial charge >= 0.3 is 0 Å². The minimum absolute atomic E-state index is 0.289. The fraction of sp³-hybridized carbons (Fsp3) is 0.556. The summed E-state index contributed by atoms with van der Waals surface area (Å²) in [6.07, 6.45) is 4.61. The first-order chi connectivity index (χ1) is 5.74. The van der Waals surface area contributed by atoms with E-state index in [2.05, 4.69) is 11.9 Å². The highest BCUT2D eigenvalue weighted by atomic mass is 16.2. The molecule has 1 unspecified atom stereocenters. The van der Waals surface area contributed by atoms with Crippen molar-refractivity contribution < 1.29 is 9.59 Å². The quantitative estimate of drug-likeness (QED) is 0.477. The molecule has 0 rings (SSSR count). The van der Waals surface area contributed by atoms with Gasteiger partial charge in [-0.15, -0.1) is 0 Å². The number of hydrogen-bond acceptors (Lipinski definition) is 2. The minimum atomic E-state index is -0.351. The number of hydrogen-bond donors (Lipinski definition) is 1. The maximum Gasteiger partial charge on any atom is 0.243 e. The van der Waals surface area contributed by atoms with Gasteiger partial charge in [0.05, 0.1) is 6.04 Å². The van der Waals surface area contributed by atoms with Crippen LogP contribution in [0.5, 0.6) is 0 Å². The number of carbonyl (C=O) groups excluding carboxylic acids is 2. The molecule has 1 atom stereocenters. The molecule has 0 fully saturated rings. The van der Waals surface area contributed by atoms with Crippen molar-refractivity contribution in [2.45, 2.75) is 32.2 Å². The van der Waals surface area contributed by atoms with Crippen molar-refractivity contribution in [3.05, 3.63) is 12.7 Å². The maximum absolute atomic E-state index is 10.8. The van der Waals surface area contributed by atoms with Gasteiger partial charge in [0, 0.05) is 0 Å². The van der Waals surface area contributed by atoms with E-state index in [9.17, 15) is 9.59 Å². The second-order valence-electron chi connectivity index (χ2n) is 2.60. The lowest BCUT2D eigenvalue weighted by atomic mass is 10.1. The second-order valence-corrected chi connectivity index (χ2v) is 2.60. The molecule has 0 aliphatic rings. The van der Waals surface area contributed by atoms with E-state index in [-0.39, 0.29) is 11.9 Å². The summed E-state index contributed by atoms with van der Waals surface area (Å²) in [5.74, 6) is -0.289. The van der Waals surface area contributed by atoms with Crippen molar-refractivity contribution in [1.29, 1.82) is 0 Å². The first-order valence-electron chi connectivity index (χ1n) is 4.12. The van der Waals surface area contributed by atoms with E-state index >= 15 is 0 Å². The van der Waals surface area contributed by atoms with Crippen LogP contribution in [0.1, 0.15) is 26.2 Å². The Bertz CT molecular complexity index is 166. The first kappa shape index (κ1) is 10.9. The Labute approximate surface area is 72.8 Å². The Morgan fingerprint density at radius 1 is 1.67 bits per heavy atom. The van der Waals surface area contributed by atoms with Crippen LogP contribution in [-0.2, 0) is 9.59 Å². The standard InChI is InChI=1S/C9H15NO2/c1-3-5-6-8(7-11)10-9(12)4-2/h4,7-8H,2-3,5-6H2,1H3,(H,10,12). The highest BCUT2D eigenvalue weighted by Crippen LogP contribution is 1.97. The molecule has 0 spiro atoms. The number of amides is 1. The monoisotopic (exact) mass is 169 g/mol. The van der Waals surface area contributed by atoms with Crippen LogP contribution in [0.15, 0.2) is 12.7 Å². The Balaban J connectivity index is 3.73. The number of aldehydes is 1. The van der Waals surface area contributed by atoms with Crippen LogP contribution in [-0.4, -0.2) is 18.2 Å². The van der Waals surface area contributed by atoms with Gasteiger partial charge in [0.2, 0.25) is 5.91 Å². The van der Waals surface area contributed by atoms with E-state index in [1.165, 1.54) is 6.08 Å². The van der Waals surface area contributed by atoms with E-state index in [1.807, 2.05) is 6.92 Å². The van der Waals surface area contributed by atoms with Crippen molar-refractivity contribution in [1.82, 2.24) is 5.32 Å². The van der Waals surface area contributed by atoms with E-state index < -0.39 is 0 Å². The SMILES string of the molecule is C=CC(=O)NC(C=O)CCCC. The molecule has 12 heavy (non-hydrogen) atoms. The van der Waals surface area contributed by atoms with Gasteiger partial charge in [-0.3, -0.25) is 4.79 Å². The molecule has 68 valence electrons. The highest BCUT2D eigenvalue weighted by Gasteiger charge is 2.07. The molecule has 3 heteroatoms. The molecule has 0 heterocycles. The fourth-order valence-electron chi connectivity index (χ4n) is 0.840. The van der Waals surface area contributed by atoms with Gasteiger partial charge < -0.3 is 10.1 Å². The summed E-state index contributed by atoms with van der Waals surface area (Å²) in [4.78, 5) is 21.2. The zero-order valence-corrected chi connectivity index (χ0v) is 7.38. The largest absolute Gasteiger partial charge is 0.343 e. The van der Waals surface area contributed by atoms with Gasteiger partial charge in [0.1, 0.15) is 6.29 Å². The van der Waals surface area contributed by atoms with E-state index in [4.69, 9.17) is 0 Å². The third-order valence-corrected chi connectivity index (χ3v) is 1.55. The molecule has 1 N–H and O–H groups in total. The van der Waals surface area contributed by atoms with Crippen molar-refractivity contribution in [3.8, 4) is 0 Å². The molecule has 0 aromatic heterocycles. The maximum atomic E-state index is 10.8. The molecular weight excluding hydrogens is 154 g/mol. The van der Waals surface area contributed by atoms with Crippen molar-refractivity contribution in [3.63, 3.8) is 0 Å². The van der Waals surface area contributed by atoms with Crippen LogP contribution in [0.25, 0.3) is 0 Å². The zero-order valence-electron chi connectivity index (χ0n) is 7.38. The smallest absolute Gasteiger partial charge is 0.243 e. The Hall–Kier alpha value is -1.12. The van der Waals surface area contributed by atoms with Crippen LogP contribution in [0.2, 0.25) is 0 Å². The van der Waals surface area contributed by atoms with Crippen LogP contribution >= 0.6 is 0 Å². The van der Waals surface area contributed by atoms with Crippen LogP contribution in [0.4, 0.5) is 0 Å². The fourth-order valence-corrected chi connectivity index (χ4v) is 0.840. The molecule has 0 aromatic carbocycles. The summed E-state index contributed by atoms with van der Waals surface area (Å²) in [7, 11) is 0. The lowest BCUT2D eigenvalue weighted by Gasteiger charge is -2.09. The predicted octanol–water partition coefficient (Wildman–Crippen LogP) is 1.05. The summed E-state index contributed by atoms with van der Waals surface area (Å²) in [5, 5.41) is 2.53. The molecule has 0 aliphatic carbocycles. The molecule has 0 bridgehead atoms. The summed E-state index contributed by atoms with van der Waals surface area (Å²) in [5.41, 5.74) is 0. The summed E-state index contributed by atoms with van der Waals surface area (Å²) in [6.45, 7) is 5.34. The van der Waals surface area contributed by atoms with Crippen LogP contribution in [0.3, 0.4) is 0 Å². The summed E-state index contributed by atoms with van der Waals surface area (Å²) in [6, 6.07) is -0.351. The number of nitrogens with one attached hydrogen (secondary N) is 1.